The van der Waals surface area contributed by atoms with E-state index in [1.807, 2.05) is 6.92 Å². The van der Waals surface area contributed by atoms with Crippen molar-refractivity contribution in [2.75, 3.05) is 12.8 Å². The fourth-order valence-electron chi connectivity index (χ4n) is 3.02. The number of methoxy groups -OCH3 is 1. The average molecular weight is 263 g/mol. The summed E-state index contributed by atoms with van der Waals surface area (Å²) in [5.41, 5.74) is 8.06. The zero-order valence-electron chi connectivity index (χ0n) is 12.3. The van der Waals surface area contributed by atoms with Crippen molar-refractivity contribution in [1.29, 1.82) is 0 Å². The van der Waals surface area contributed by atoms with Gasteiger partial charge in [-0.05, 0) is 32.1 Å². The van der Waals surface area contributed by atoms with E-state index in [0.29, 0.717) is 11.7 Å². The van der Waals surface area contributed by atoms with Gasteiger partial charge in [-0.3, -0.25) is 0 Å². The molecule has 1 heterocycles. The van der Waals surface area contributed by atoms with Crippen molar-refractivity contribution in [3.05, 3.63) is 17.1 Å². The van der Waals surface area contributed by atoms with Crippen LogP contribution < -0.4 is 5.73 Å². The van der Waals surface area contributed by atoms with Gasteiger partial charge in [-0.1, -0.05) is 26.2 Å². The Bertz CT molecular complexity index is 428. The molecule has 19 heavy (non-hydrogen) atoms. The second-order valence-electron chi connectivity index (χ2n) is 5.45. The van der Waals surface area contributed by atoms with Crippen molar-refractivity contribution in [1.82, 2.24) is 9.97 Å². The Labute approximate surface area is 115 Å². The van der Waals surface area contributed by atoms with Gasteiger partial charge in [-0.15, -0.1) is 0 Å². The number of aromatic nitrogens is 2. The zero-order chi connectivity index (χ0) is 13.8. The molecule has 4 heteroatoms. The van der Waals surface area contributed by atoms with Gasteiger partial charge in [0.1, 0.15) is 11.9 Å². The molecule has 1 aliphatic carbocycles. The Hall–Kier alpha value is -1.16. The van der Waals surface area contributed by atoms with E-state index in [1.54, 1.807) is 7.11 Å². The maximum Gasteiger partial charge on any atom is 0.160 e. The number of rotatable bonds is 4. The molecule has 1 saturated carbocycles. The summed E-state index contributed by atoms with van der Waals surface area (Å²) in [6, 6.07) is 0. The molecule has 0 radical (unpaired) electrons. The normalized spacial score (nSPS) is 18.5. The summed E-state index contributed by atoms with van der Waals surface area (Å²) in [4.78, 5) is 9.15. The lowest BCUT2D eigenvalue weighted by atomic mass is 9.85. The minimum Gasteiger partial charge on any atom is -0.383 e. The number of nitrogens with zero attached hydrogens (tertiary/aromatic N) is 2. The van der Waals surface area contributed by atoms with Crippen LogP contribution in [0.25, 0.3) is 0 Å². The molecule has 1 aromatic rings. The summed E-state index contributed by atoms with van der Waals surface area (Å²) in [6.45, 7) is 4.08. The topological polar surface area (TPSA) is 61.0 Å². The van der Waals surface area contributed by atoms with Crippen LogP contribution >= 0.6 is 0 Å². The predicted molar refractivity (Wildman–Crippen MR) is 76.9 cm³/mol. The van der Waals surface area contributed by atoms with Crippen molar-refractivity contribution in [3.63, 3.8) is 0 Å². The summed E-state index contributed by atoms with van der Waals surface area (Å²) >= 11 is 0. The van der Waals surface area contributed by atoms with Crippen molar-refractivity contribution in [3.8, 4) is 0 Å². The molecule has 0 aliphatic heterocycles. The third-order valence-electron chi connectivity index (χ3n) is 4.22. The fourth-order valence-corrected chi connectivity index (χ4v) is 3.02. The lowest BCUT2D eigenvalue weighted by molar-refractivity contribution is 0.0288. The molecular weight excluding hydrogens is 238 g/mol. The van der Waals surface area contributed by atoms with E-state index >= 15 is 0 Å². The van der Waals surface area contributed by atoms with Crippen molar-refractivity contribution >= 4 is 5.82 Å². The number of anilines is 1. The maximum absolute atomic E-state index is 6.01. The standard InChI is InChI=1S/C15H25N3O/c1-4-12-10(2)14(16)18-15(17-12)13(19-3)11-8-6-5-7-9-11/h11,13H,4-9H2,1-3H3,(H2,16,17,18). The van der Waals surface area contributed by atoms with Crippen LogP contribution in [-0.2, 0) is 11.2 Å². The molecule has 0 spiro atoms. The number of aryl methyl sites for hydroxylation is 1. The number of ether oxygens (including phenoxy) is 1. The fraction of sp³-hybridized carbons (Fsp3) is 0.733. The van der Waals surface area contributed by atoms with Crippen molar-refractivity contribution < 1.29 is 4.74 Å². The van der Waals surface area contributed by atoms with Crippen LogP contribution in [0.2, 0.25) is 0 Å². The van der Waals surface area contributed by atoms with Gasteiger partial charge in [-0.2, -0.15) is 0 Å². The Morgan fingerprint density at radius 2 is 1.95 bits per heavy atom. The molecule has 1 aliphatic rings. The number of nitrogens with two attached hydrogens (primary N) is 1. The largest absolute Gasteiger partial charge is 0.383 e. The van der Waals surface area contributed by atoms with Gasteiger partial charge < -0.3 is 10.5 Å². The van der Waals surface area contributed by atoms with E-state index in [9.17, 15) is 0 Å². The highest BCUT2D eigenvalue weighted by molar-refractivity contribution is 5.41. The monoisotopic (exact) mass is 263 g/mol. The molecule has 0 amide bonds. The molecule has 1 unspecified atom stereocenters. The van der Waals surface area contributed by atoms with Crippen LogP contribution in [0, 0.1) is 12.8 Å². The Morgan fingerprint density at radius 3 is 2.53 bits per heavy atom. The Balaban J connectivity index is 2.29. The van der Waals surface area contributed by atoms with Gasteiger partial charge in [-0.25, -0.2) is 9.97 Å². The van der Waals surface area contributed by atoms with E-state index in [0.717, 1.165) is 23.5 Å². The Morgan fingerprint density at radius 1 is 1.26 bits per heavy atom. The first-order valence-electron chi connectivity index (χ1n) is 7.33. The molecular formula is C15H25N3O. The molecule has 1 aromatic heterocycles. The van der Waals surface area contributed by atoms with Crippen molar-refractivity contribution in [2.24, 2.45) is 5.92 Å². The SMILES string of the molecule is CCc1nc(C(OC)C2CCCCC2)nc(N)c1C. The number of nitrogen functional groups attached to an aromatic ring is 1. The highest BCUT2D eigenvalue weighted by Crippen LogP contribution is 2.35. The molecule has 0 aromatic carbocycles. The van der Waals surface area contributed by atoms with Crippen LogP contribution in [0.5, 0.6) is 0 Å². The van der Waals surface area contributed by atoms with Gasteiger partial charge >= 0.3 is 0 Å². The first-order valence-corrected chi connectivity index (χ1v) is 7.33. The van der Waals surface area contributed by atoms with Crippen molar-refractivity contribution in [2.45, 2.75) is 58.5 Å². The van der Waals surface area contributed by atoms with Gasteiger partial charge in [0.15, 0.2) is 5.82 Å². The van der Waals surface area contributed by atoms with E-state index < -0.39 is 0 Å². The lowest BCUT2D eigenvalue weighted by Gasteiger charge is -2.28. The van der Waals surface area contributed by atoms with Gasteiger partial charge in [0.05, 0.1) is 0 Å². The lowest BCUT2D eigenvalue weighted by Crippen LogP contribution is -2.21. The highest BCUT2D eigenvalue weighted by atomic mass is 16.5. The van der Waals surface area contributed by atoms with E-state index in [-0.39, 0.29) is 6.10 Å². The third kappa shape index (κ3) is 3.06. The molecule has 106 valence electrons. The van der Waals surface area contributed by atoms with Crippen LogP contribution in [0.4, 0.5) is 5.82 Å². The molecule has 0 saturated heterocycles. The first kappa shape index (κ1) is 14.3. The van der Waals surface area contributed by atoms with Crippen LogP contribution in [0.15, 0.2) is 0 Å². The Kier molecular flexibility index (Phi) is 4.75. The second-order valence-corrected chi connectivity index (χ2v) is 5.45. The maximum atomic E-state index is 6.01. The van der Waals surface area contributed by atoms with Crippen LogP contribution in [0.1, 0.15) is 62.2 Å². The van der Waals surface area contributed by atoms with Gasteiger partial charge in [0.25, 0.3) is 0 Å². The summed E-state index contributed by atoms with van der Waals surface area (Å²) < 4.78 is 5.69. The average Bonchev–Trinajstić information content (AvgIpc) is 2.44. The van der Waals surface area contributed by atoms with E-state index in [4.69, 9.17) is 10.5 Å². The quantitative estimate of drug-likeness (QED) is 0.906. The predicted octanol–water partition coefficient (Wildman–Crippen LogP) is 3.20. The second kappa shape index (κ2) is 6.33. The van der Waals surface area contributed by atoms with Gasteiger partial charge in [0.2, 0.25) is 0 Å². The summed E-state index contributed by atoms with van der Waals surface area (Å²) in [5, 5.41) is 0. The summed E-state index contributed by atoms with van der Waals surface area (Å²) in [7, 11) is 1.75. The smallest absolute Gasteiger partial charge is 0.160 e. The molecule has 2 N–H and O–H groups in total. The van der Waals surface area contributed by atoms with Crippen LogP contribution in [0.3, 0.4) is 0 Å². The number of hydrogen-bond donors (Lipinski definition) is 1. The number of hydrogen-bond acceptors (Lipinski definition) is 4. The summed E-state index contributed by atoms with van der Waals surface area (Å²) in [5.74, 6) is 1.90. The van der Waals surface area contributed by atoms with E-state index in [1.165, 1.54) is 32.1 Å². The highest BCUT2D eigenvalue weighted by Gasteiger charge is 2.28. The van der Waals surface area contributed by atoms with Gasteiger partial charge in [0, 0.05) is 18.4 Å². The molecule has 1 fully saturated rings. The molecule has 4 nitrogen and oxygen atoms in total. The van der Waals surface area contributed by atoms with E-state index in [2.05, 4.69) is 16.9 Å². The zero-order valence-corrected chi connectivity index (χ0v) is 12.3. The van der Waals surface area contributed by atoms with Crippen LogP contribution in [-0.4, -0.2) is 17.1 Å². The molecule has 0 bridgehead atoms. The minimum atomic E-state index is -0.00602. The molecule has 2 rings (SSSR count). The third-order valence-corrected chi connectivity index (χ3v) is 4.22. The molecule has 1 atom stereocenters. The summed E-state index contributed by atoms with van der Waals surface area (Å²) in [6.07, 6.45) is 7.19. The first-order chi connectivity index (χ1) is 9.17. The minimum absolute atomic E-state index is 0.00602.